The highest BCUT2D eigenvalue weighted by atomic mass is 16.5. The van der Waals surface area contributed by atoms with Crippen LogP contribution in [0.2, 0.25) is 0 Å². The van der Waals surface area contributed by atoms with Gasteiger partial charge in [0, 0.05) is 32.7 Å². The lowest BCUT2D eigenvalue weighted by atomic mass is 9.89. The van der Waals surface area contributed by atoms with Crippen molar-refractivity contribution in [2.24, 2.45) is 28.8 Å². The van der Waals surface area contributed by atoms with Gasteiger partial charge in [0.25, 0.3) is 0 Å². The topological polar surface area (TPSA) is 196 Å². The number of ether oxygens (including phenoxy) is 3. The highest BCUT2D eigenvalue weighted by Gasteiger charge is 2.44. The van der Waals surface area contributed by atoms with E-state index in [4.69, 9.17) is 14.2 Å². The van der Waals surface area contributed by atoms with Crippen LogP contribution in [0.1, 0.15) is 87.5 Å². The molecular formula is C37H68N8O8. The molecular weight excluding hydrogens is 684 g/mol. The summed E-state index contributed by atoms with van der Waals surface area (Å²) in [4.78, 5) is 75.8. The Hall–Kier alpha value is -3.46. The lowest BCUT2D eigenvalue weighted by Crippen LogP contribution is -2.60. The SMILES string of the molecule is CC[C@H](C)[C@@H]([C@@H](CC(=O)N1CCC[C@H]1[C@H](OC)[C@@H](C)C(=O)N[C@H](C(=O)OC)[C@@H](C)CC)OC)N(C)C(=O)[C@@H](NC(=O)[C@H](C(C)C)N(C)C)C(C)N=[N+]=[N-]. The Bertz CT molecular complexity index is 1250. The lowest BCUT2D eigenvalue weighted by molar-refractivity contribution is -0.149. The van der Waals surface area contributed by atoms with Crippen LogP contribution in [0, 0.1) is 23.7 Å². The molecule has 4 amide bonds. The van der Waals surface area contributed by atoms with Crippen molar-refractivity contribution in [3.05, 3.63) is 10.4 Å². The molecule has 1 fully saturated rings. The van der Waals surface area contributed by atoms with Crippen LogP contribution in [0.3, 0.4) is 0 Å². The number of likely N-dealkylation sites (tertiary alicyclic amines) is 1. The lowest BCUT2D eigenvalue weighted by Gasteiger charge is -2.41. The number of hydrogen-bond acceptors (Lipinski definition) is 10. The normalized spacial score (nSPS) is 20.2. The average Bonchev–Trinajstić information content (AvgIpc) is 3.60. The first-order valence-corrected chi connectivity index (χ1v) is 18.9. The van der Waals surface area contributed by atoms with Gasteiger partial charge in [0.15, 0.2) is 0 Å². The first-order valence-electron chi connectivity index (χ1n) is 18.9. The molecule has 2 N–H and O–H groups in total. The van der Waals surface area contributed by atoms with E-state index in [0.717, 1.165) is 0 Å². The number of methoxy groups -OCH3 is 3. The maximum absolute atomic E-state index is 14.3. The summed E-state index contributed by atoms with van der Waals surface area (Å²) in [6.07, 6.45) is 1.18. The van der Waals surface area contributed by atoms with Gasteiger partial charge in [-0.2, -0.15) is 0 Å². The Morgan fingerprint density at radius 1 is 0.887 bits per heavy atom. The number of rotatable bonds is 22. The zero-order valence-corrected chi connectivity index (χ0v) is 34.6. The number of carbonyl (C=O) groups is 5. The minimum absolute atomic E-state index is 0.0592. The first kappa shape index (κ1) is 47.6. The number of nitrogens with one attached hydrogen (secondary N) is 2. The fraction of sp³-hybridized carbons (Fsp3) is 0.865. The minimum Gasteiger partial charge on any atom is -0.467 e. The van der Waals surface area contributed by atoms with Crippen LogP contribution in [0.4, 0.5) is 0 Å². The van der Waals surface area contributed by atoms with Crippen molar-refractivity contribution >= 4 is 29.6 Å². The van der Waals surface area contributed by atoms with Gasteiger partial charge in [-0.05, 0) is 50.2 Å². The van der Waals surface area contributed by atoms with Crippen LogP contribution in [0.5, 0.6) is 0 Å². The first-order chi connectivity index (χ1) is 24.9. The van der Waals surface area contributed by atoms with Crippen molar-refractivity contribution in [1.29, 1.82) is 0 Å². The molecule has 1 rings (SSSR count). The van der Waals surface area contributed by atoms with E-state index in [1.54, 1.807) is 44.8 Å². The second-order valence-corrected chi connectivity index (χ2v) is 15.1. The molecule has 0 saturated carbocycles. The van der Waals surface area contributed by atoms with Crippen LogP contribution in [0.15, 0.2) is 5.11 Å². The van der Waals surface area contributed by atoms with Gasteiger partial charge in [-0.25, -0.2) is 4.79 Å². The Kier molecular flexibility index (Phi) is 20.4. The van der Waals surface area contributed by atoms with E-state index in [1.807, 2.05) is 41.5 Å². The maximum atomic E-state index is 14.3. The number of carbonyl (C=O) groups excluding carboxylic acids is 5. The third-order valence-corrected chi connectivity index (χ3v) is 11.0. The van der Waals surface area contributed by atoms with E-state index < -0.39 is 66.3 Å². The zero-order chi connectivity index (χ0) is 40.7. The molecule has 11 atom stereocenters. The molecule has 1 aliphatic heterocycles. The Labute approximate surface area is 317 Å². The molecule has 16 nitrogen and oxygen atoms in total. The van der Waals surface area contributed by atoms with Crippen LogP contribution in [-0.2, 0) is 38.2 Å². The number of esters is 1. The van der Waals surface area contributed by atoms with Crippen LogP contribution < -0.4 is 10.6 Å². The van der Waals surface area contributed by atoms with Gasteiger partial charge in [0.05, 0.1) is 55.8 Å². The molecule has 16 heteroatoms. The number of amides is 4. The Morgan fingerprint density at radius 2 is 1.47 bits per heavy atom. The molecule has 304 valence electrons. The van der Waals surface area contributed by atoms with Crippen molar-refractivity contribution in [2.45, 2.75) is 136 Å². The quantitative estimate of drug-likeness (QED) is 0.0721. The standard InChI is InChI=1S/C37H68N8O8/c1-15-22(5)29(37(50)53-14)39-34(47)24(7)33(52-13)26-18-17-19-45(26)28(46)20-27(51-12)32(23(6)16-2)44(11)36(49)30(25(8)41-42-38)40-35(48)31(21(3)4)43(9)10/h21-27,29-33H,15-20H2,1-14H3,(H,39,47)(H,40,48)/t22-,23-,24+,25?,26-,27+,29-,30-,31-,32-,33+/m0/s1. The van der Waals surface area contributed by atoms with E-state index in [1.165, 1.54) is 26.2 Å². The predicted octanol–water partition coefficient (Wildman–Crippen LogP) is 3.38. The van der Waals surface area contributed by atoms with Gasteiger partial charge in [-0.1, -0.05) is 73.3 Å². The molecule has 0 aromatic heterocycles. The van der Waals surface area contributed by atoms with Crippen molar-refractivity contribution < 1.29 is 38.2 Å². The monoisotopic (exact) mass is 753 g/mol. The molecule has 53 heavy (non-hydrogen) atoms. The molecule has 1 aliphatic rings. The molecule has 0 bridgehead atoms. The van der Waals surface area contributed by atoms with Crippen molar-refractivity contribution in [3.8, 4) is 0 Å². The van der Waals surface area contributed by atoms with Crippen LogP contribution in [0.25, 0.3) is 10.4 Å². The third-order valence-electron chi connectivity index (χ3n) is 11.0. The van der Waals surface area contributed by atoms with Gasteiger partial charge < -0.3 is 34.6 Å². The summed E-state index contributed by atoms with van der Waals surface area (Å²) < 4.78 is 16.8. The number of likely N-dealkylation sites (N-methyl/N-ethyl adjacent to an activating group) is 2. The summed E-state index contributed by atoms with van der Waals surface area (Å²) >= 11 is 0. The van der Waals surface area contributed by atoms with Crippen molar-refractivity contribution in [3.63, 3.8) is 0 Å². The van der Waals surface area contributed by atoms with Gasteiger partial charge in [-0.3, -0.25) is 24.1 Å². The maximum Gasteiger partial charge on any atom is 0.328 e. The highest BCUT2D eigenvalue weighted by Crippen LogP contribution is 2.30. The van der Waals surface area contributed by atoms with Crippen molar-refractivity contribution in [2.75, 3.05) is 49.0 Å². The second kappa shape index (κ2) is 22.7. The Morgan fingerprint density at radius 3 is 1.94 bits per heavy atom. The zero-order valence-electron chi connectivity index (χ0n) is 34.6. The van der Waals surface area contributed by atoms with Crippen LogP contribution >= 0.6 is 0 Å². The summed E-state index contributed by atoms with van der Waals surface area (Å²) in [5, 5.41) is 9.46. The smallest absolute Gasteiger partial charge is 0.328 e. The summed E-state index contributed by atoms with van der Waals surface area (Å²) in [5.41, 5.74) is 9.24. The summed E-state index contributed by atoms with van der Waals surface area (Å²) in [5.74, 6) is -2.99. The number of nitrogens with zero attached hydrogens (tertiary/aromatic N) is 6. The van der Waals surface area contributed by atoms with Gasteiger partial charge >= 0.3 is 5.97 Å². The largest absolute Gasteiger partial charge is 0.467 e. The molecule has 0 aliphatic carbocycles. The molecule has 0 aromatic rings. The van der Waals surface area contributed by atoms with E-state index in [9.17, 15) is 29.5 Å². The summed E-state index contributed by atoms with van der Waals surface area (Å²) in [6, 6.07) is -4.42. The number of hydrogen-bond donors (Lipinski definition) is 2. The fourth-order valence-corrected chi connectivity index (χ4v) is 7.52. The van der Waals surface area contributed by atoms with E-state index in [0.29, 0.717) is 32.2 Å². The molecule has 1 saturated heterocycles. The molecule has 0 aromatic carbocycles. The summed E-state index contributed by atoms with van der Waals surface area (Å²) in [6.45, 7) is 15.3. The van der Waals surface area contributed by atoms with Crippen LogP contribution in [-0.4, -0.2) is 142 Å². The van der Waals surface area contributed by atoms with E-state index >= 15 is 0 Å². The Balaban J connectivity index is 3.38. The summed E-state index contributed by atoms with van der Waals surface area (Å²) in [7, 11) is 9.48. The average molecular weight is 753 g/mol. The molecule has 0 radical (unpaired) electrons. The third kappa shape index (κ3) is 12.5. The number of azide groups is 1. The van der Waals surface area contributed by atoms with Gasteiger partial charge in [0.1, 0.15) is 12.1 Å². The molecule has 1 heterocycles. The minimum atomic E-state index is -1.17. The van der Waals surface area contributed by atoms with E-state index in [-0.39, 0.29) is 41.9 Å². The predicted molar refractivity (Wildman–Crippen MR) is 202 cm³/mol. The van der Waals surface area contributed by atoms with Gasteiger partial charge in [0.2, 0.25) is 23.6 Å². The highest BCUT2D eigenvalue weighted by molar-refractivity contribution is 5.91. The van der Waals surface area contributed by atoms with Gasteiger partial charge in [-0.15, -0.1) is 0 Å². The van der Waals surface area contributed by atoms with E-state index in [2.05, 4.69) is 20.7 Å². The van der Waals surface area contributed by atoms with Crippen molar-refractivity contribution in [1.82, 2.24) is 25.3 Å². The molecule has 0 spiro atoms. The second-order valence-electron chi connectivity index (χ2n) is 15.1. The molecule has 1 unspecified atom stereocenters. The fourth-order valence-electron chi connectivity index (χ4n) is 7.52.